The Morgan fingerprint density at radius 3 is 2.93 bits per heavy atom. The molecular weight excluding hydrogens is 172 g/mol. The molecule has 0 amide bonds. The molecule has 0 aromatic carbocycles. The maximum absolute atomic E-state index is 4.07. The number of rotatable bonds is 5. The van der Waals surface area contributed by atoms with E-state index in [0.717, 1.165) is 19.5 Å². The van der Waals surface area contributed by atoms with Crippen molar-refractivity contribution >= 4 is 0 Å². The second-order valence-electron chi connectivity index (χ2n) is 3.58. The van der Waals surface area contributed by atoms with E-state index in [0.29, 0.717) is 5.92 Å². The van der Waals surface area contributed by atoms with Crippen LogP contribution >= 0.6 is 0 Å². The number of nitrogens with one attached hydrogen (secondary N) is 2. The lowest BCUT2D eigenvalue weighted by Gasteiger charge is -2.18. The maximum Gasteiger partial charge on any atom is 0.0650 e. The zero-order valence-electron chi connectivity index (χ0n) is 9.14. The first kappa shape index (κ1) is 11.1. The van der Waals surface area contributed by atoms with Crippen molar-refractivity contribution < 1.29 is 0 Å². The fraction of sp³-hybridized carbons (Fsp3) is 0.500. The van der Waals surface area contributed by atoms with Crippen LogP contribution in [0.15, 0.2) is 36.1 Å². The summed E-state index contributed by atoms with van der Waals surface area (Å²) in [7, 11) is 1.93. The molecular formula is C12H20N2. The summed E-state index contributed by atoms with van der Waals surface area (Å²) in [6, 6.07) is 0. The van der Waals surface area contributed by atoms with E-state index in [1.165, 1.54) is 11.3 Å². The third-order valence-corrected chi connectivity index (χ3v) is 2.55. The average molecular weight is 192 g/mol. The topological polar surface area (TPSA) is 24.1 Å². The van der Waals surface area contributed by atoms with Crippen molar-refractivity contribution in [2.24, 2.45) is 5.92 Å². The molecule has 2 heteroatoms. The van der Waals surface area contributed by atoms with Crippen LogP contribution in [-0.2, 0) is 0 Å². The van der Waals surface area contributed by atoms with Gasteiger partial charge in [-0.3, -0.25) is 0 Å². The lowest BCUT2D eigenvalue weighted by molar-refractivity contribution is 0.684. The van der Waals surface area contributed by atoms with E-state index in [1.807, 2.05) is 7.05 Å². The zero-order valence-corrected chi connectivity index (χ0v) is 9.14. The molecule has 1 atom stereocenters. The first-order chi connectivity index (χ1) is 6.77. The van der Waals surface area contributed by atoms with Crippen LogP contribution in [-0.4, -0.2) is 13.7 Å². The summed E-state index contributed by atoms with van der Waals surface area (Å²) >= 11 is 0. The molecule has 2 nitrogen and oxygen atoms in total. The van der Waals surface area contributed by atoms with Crippen molar-refractivity contribution in [2.45, 2.75) is 19.8 Å². The summed E-state index contributed by atoms with van der Waals surface area (Å²) in [5.74, 6) is 0.542. The SMILES string of the molecule is C=C(CC)C1C=CC(NCNC)=CC1. The molecule has 1 aliphatic carbocycles. The van der Waals surface area contributed by atoms with Crippen molar-refractivity contribution in [3.8, 4) is 0 Å². The van der Waals surface area contributed by atoms with Crippen molar-refractivity contribution in [2.75, 3.05) is 13.7 Å². The van der Waals surface area contributed by atoms with Gasteiger partial charge < -0.3 is 10.6 Å². The van der Waals surface area contributed by atoms with Crippen molar-refractivity contribution in [1.82, 2.24) is 10.6 Å². The third kappa shape index (κ3) is 3.04. The zero-order chi connectivity index (χ0) is 10.4. The summed E-state index contributed by atoms with van der Waals surface area (Å²) < 4.78 is 0. The van der Waals surface area contributed by atoms with E-state index < -0.39 is 0 Å². The van der Waals surface area contributed by atoms with Crippen molar-refractivity contribution in [1.29, 1.82) is 0 Å². The number of hydrogen-bond donors (Lipinski definition) is 2. The smallest absolute Gasteiger partial charge is 0.0650 e. The highest BCUT2D eigenvalue weighted by Crippen LogP contribution is 2.23. The summed E-state index contributed by atoms with van der Waals surface area (Å²) in [6.45, 7) is 7.05. The minimum Gasteiger partial charge on any atom is -0.373 e. The van der Waals surface area contributed by atoms with Crippen molar-refractivity contribution in [3.05, 3.63) is 36.1 Å². The van der Waals surface area contributed by atoms with Gasteiger partial charge in [0.2, 0.25) is 0 Å². The molecule has 0 heterocycles. The summed E-state index contributed by atoms with van der Waals surface area (Å²) in [4.78, 5) is 0. The predicted molar refractivity (Wildman–Crippen MR) is 61.8 cm³/mol. The second-order valence-corrected chi connectivity index (χ2v) is 3.58. The first-order valence-corrected chi connectivity index (χ1v) is 5.22. The predicted octanol–water partition coefficient (Wildman–Crippen LogP) is 2.18. The molecule has 14 heavy (non-hydrogen) atoms. The van der Waals surface area contributed by atoms with E-state index in [2.05, 4.69) is 42.4 Å². The van der Waals surface area contributed by atoms with Gasteiger partial charge in [-0.05, 0) is 26.0 Å². The largest absolute Gasteiger partial charge is 0.373 e. The Kier molecular flexibility index (Phi) is 4.47. The highest BCUT2D eigenvalue weighted by Gasteiger charge is 2.09. The fourth-order valence-electron chi connectivity index (χ4n) is 1.51. The van der Waals surface area contributed by atoms with E-state index in [-0.39, 0.29) is 0 Å². The first-order valence-electron chi connectivity index (χ1n) is 5.22. The van der Waals surface area contributed by atoms with E-state index in [9.17, 15) is 0 Å². The van der Waals surface area contributed by atoms with Crippen LogP contribution in [0, 0.1) is 5.92 Å². The maximum atomic E-state index is 4.07. The molecule has 0 aromatic heterocycles. The van der Waals surface area contributed by atoms with Crippen LogP contribution in [0.3, 0.4) is 0 Å². The minimum atomic E-state index is 0.542. The Morgan fingerprint density at radius 1 is 1.64 bits per heavy atom. The van der Waals surface area contributed by atoms with Gasteiger partial charge in [0.05, 0.1) is 6.67 Å². The van der Waals surface area contributed by atoms with Gasteiger partial charge in [-0.1, -0.05) is 31.2 Å². The van der Waals surface area contributed by atoms with Gasteiger partial charge in [-0.2, -0.15) is 0 Å². The highest BCUT2D eigenvalue weighted by atomic mass is 15.0. The van der Waals surface area contributed by atoms with Crippen LogP contribution in [0.1, 0.15) is 19.8 Å². The molecule has 0 radical (unpaired) electrons. The molecule has 0 spiro atoms. The molecule has 0 aromatic rings. The van der Waals surface area contributed by atoms with E-state index in [4.69, 9.17) is 0 Å². The normalized spacial score (nSPS) is 20.4. The second kappa shape index (κ2) is 5.66. The Bertz CT molecular complexity index is 251. The number of allylic oxidation sites excluding steroid dienone is 4. The van der Waals surface area contributed by atoms with Gasteiger partial charge in [0, 0.05) is 11.6 Å². The molecule has 0 saturated carbocycles. The van der Waals surface area contributed by atoms with E-state index in [1.54, 1.807) is 0 Å². The van der Waals surface area contributed by atoms with Gasteiger partial charge in [-0.25, -0.2) is 0 Å². The summed E-state index contributed by atoms with van der Waals surface area (Å²) in [5.41, 5.74) is 2.53. The Morgan fingerprint density at radius 2 is 2.43 bits per heavy atom. The molecule has 1 aliphatic rings. The van der Waals surface area contributed by atoms with Gasteiger partial charge in [0.15, 0.2) is 0 Å². The van der Waals surface area contributed by atoms with E-state index >= 15 is 0 Å². The lowest BCUT2D eigenvalue weighted by Crippen LogP contribution is -2.25. The molecule has 1 unspecified atom stereocenters. The minimum absolute atomic E-state index is 0.542. The Hall–Kier alpha value is -1.02. The molecule has 0 fully saturated rings. The molecule has 0 saturated heterocycles. The lowest BCUT2D eigenvalue weighted by atomic mass is 9.91. The fourth-order valence-corrected chi connectivity index (χ4v) is 1.51. The molecule has 78 valence electrons. The standard InChI is InChI=1S/C12H20N2/c1-4-10(2)11-5-7-12(8-6-11)14-9-13-3/h5,7-8,11,13-14H,2,4,6,9H2,1,3H3. The molecule has 2 N–H and O–H groups in total. The van der Waals surface area contributed by atoms with Gasteiger partial charge in [0.1, 0.15) is 0 Å². The third-order valence-electron chi connectivity index (χ3n) is 2.55. The Balaban J connectivity index is 2.41. The van der Waals surface area contributed by atoms with Crippen LogP contribution in [0.2, 0.25) is 0 Å². The van der Waals surface area contributed by atoms with Gasteiger partial charge >= 0.3 is 0 Å². The number of hydrogen-bond acceptors (Lipinski definition) is 2. The highest BCUT2D eigenvalue weighted by molar-refractivity contribution is 5.26. The molecule has 1 rings (SSSR count). The summed E-state index contributed by atoms with van der Waals surface area (Å²) in [6.07, 6.45) is 8.77. The molecule has 0 aliphatic heterocycles. The van der Waals surface area contributed by atoms with Crippen LogP contribution in [0.4, 0.5) is 0 Å². The van der Waals surface area contributed by atoms with Gasteiger partial charge in [0.25, 0.3) is 0 Å². The Labute approximate surface area is 86.8 Å². The quantitative estimate of drug-likeness (QED) is 0.515. The monoisotopic (exact) mass is 192 g/mol. The molecule has 0 bridgehead atoms. The van der Waals surface area contributed by atoms with Crippen LogP contribution in [0.25, 0.3) is 0 Å². The summed E-state index contributed by atoms with van der Waals surface area (Å²) in [5, 5.41) is 6.34. The van der Waals surface area contributed by atoms with Crippen LogP contribution in [0.5, 0.6) is 0 Å². The van der Waals surface area contributed by atoms with Crippen molar-refractivity contribution in [3.63, 3.8) is 0 Å². The van der Waals surface area contributed by atoms with Gasteiger partial charge in [-0.15, -0.1) is 0 Å². The average Bonchev–Trinajstić information content (AvgIpc) is 2.26. The van der Waals surface area contributed by atoms with Crippen LogP contribution < -0.4 is 10.6 Å².